The number of benzene rings is 2. The lowest BCUT2D eigenvalue weighted by Gasteiger charge is -2.17. The Labute approximate surface area is 124 Å². The molecule has 0 saturated carbocycles. The summed E-state index contributed by atoms with van der Waals surface area (Å²) in [6.07, 6.45) is 0.830. The van der Waals surface area contributed by atoms with Crippen molar-refractivity contribution in [1.82, 2.24) is 15.2 Å². The fraction of sp³-hybridized carbons (Fsp3) is 0.235. The second kappa shape index (κ2) is 5.68. The summed E-state index contributed by atoms with van der Waals surface area (Å²) in [5.41, 5.74) is 6.32. The number of hydrogen-bond acceptors (Lipinski definition) is 3. The summed E-state index contributed by atoms with van der Waals surface area (Å²) in [6, 6.07) is 17.0. The lowest BCUT2D eigenvalue weighted by Crippen LogP contribution is -2.31. The van der Waals surface area contributed by atoms with E-state index in [0.717, 1.165) is 17.8 Å². The minimum atomic E-state index is 0.0435. The molecule has 1 heterocycles. The molecule has 0 radical (unpaired) electrons. The normalized spacial score (nSPS) is 12.7. The van der Waals surface area contributed by atoms with Crippen LogP contribution in [0.3, 0.4) is 0 Å². The van der Waals surface area contributed by atoms with Crippen LogP contribution in [0.5, 0.6) is 0 Å². The molecule has 0 fully saturated rings. The molecule has 0 aliphatic carbocycles. The average Bonchev–Trinajstić information content (AvgIpc) is 2.83. The summed E-state index contributed by atoms with van der Waals surface area (Å²) in [5.74, 6) is 5.78. The Morgan fingerprint density at radius 3 is 2.67 bits per heavy atom. The van der Waals surface area contributed by atoms with Crippen LogP contribution in [-0.4, -0.2) is 9.78 Å². The molecule has 1 unspecified atom stereocenters. The molecule has 21 heavy (non-hydrogen) atoms. The number of nitrogens with zero attached hydrogens (tertiary/aromatic N) is 2. The predicted molar refractivity (Wildman–Crippen MR) is 85.7 cm³/mol. The summed E-state index contributed by atoms with van der Waals surface area (Å²) >= 11 is 0. The molecular weight excluding hydrogens is 260 g/mol. The SMILES string of the molecule is Cc1cc(C(Cc2cccc3ccccc23)NN)n(C)n1. The Morgan fingerprint density at radius 2 is 1.95 bits per heavy atom. The van der Waals surface area contributed by atoms with Gasteiger partial charge in [-0.3, -0.25) is 16.0 Å². The van der Waals surface area contributed by atoms with E-state index in [1.54, 1.807) is 0 Å². The average molecular weight is 280 g/mol. The highest BCUT2D eigenvalue weighted by molar-refractivity contribution is 5.85. The van der Waals surface area contributed by atoms with Crippen molar-refractivity contribution in [3.05, 3.63) is 65.5 Å². The van der Waals surface area contributed by atoms with E-state index in [2.05, 4.69) is 59.1 Å². The van der Waals surface area contributed by atoms with Gasteiger partial charge in [-0.25, -0.2) is 0 Å². The van der Waals surface area contributed by atoms with Crippen LogP contribution in [0.2, 0.25) is 0 Å². The van der Waals surface area contributed by atoms with E-state index in [4.69, 9.17) is 5.84 Å². The number of rotatable bonds is 4. The largest absolute Gasteiger partial charge is 0.271 e. The molecule has 4 nitrogen and oxygen atoms in total. The van der Waals surface area contributed by atoms with Crippen LogP contribution >= 0.6 is 0 Å². The topological polar surface area (TPSA) is 55.9 Å². The van der Waals surface area contributed by atoms with Crippen LogP contribution in [0.4, 0.5) is 0 Å². The standard InChI is InChI=1S/C17H20N4/c1-12-10-17(21(2)20-12)16(19-18)11-14-8-5-7-13-6-3-4-9-15(13)14/h3-10,16,19H,11,18H2,1-2H3. The van der Waals surface area contributed by atoms with Crippen LogP contribution in [0.15, 0.2) is 48.5 Å². The second-order valence-corrected chi connectivity index (χ2v) is 5.40. The first kappa shape index (κ1) is 13.8. The van der Waals surface area contributed by atoms with Crippen molar-refractivity contribution in [3.8, 4) is 0 Å². The Morgan fingerprint density at radius 1 is 1.19 bits per heavy atom. The number of fused-ring (bicyclic) bond motifs is 1. The first-order chi connectivity index (χ1) is 10.2. The molecule has 3 N–H and O–H groups in total. The van der Waals surface area contributed by atoms with Crippen LogP contribution in [0.1, 0.15) is 23.0 Å². The van der Waals surface area contributed by atoms with E-state index in [0.29, 0.717) is 0 Å². The zero-order chi connectivity index (χ0) is 14.8. The molecule has 1 aromatic heterocycles. The van der Waals surface area contributed by atoms with E-state index in [9.17, 15) is 0 Å². The molecule has 0 aliphatic rings. The number of nitrogens with one attached hydrogen (secondary N) is 1. The summed E-state index contributed by atoms with van der Waals surface area (Å²) in [5, 5.41) is 6.94. The van der Waals surface area contributed by atoms with Crippen molar-refractivity contribution in [2.75, 3.05) is 0 Å². The zero-order valence-electron chi connectivity index (χ0n) is 12.4. The van der Waals surface area contributed by atoms with Gasteiger partial charge in [0.1, 0.15) is 0 Å². The van der Waals surface area contributed by atoms with Gasteiger partial charge in [0, 0.05) is 7.05 Å². The zero-order valence-corrected chi connectivity index (χ0v) is 12.4. The monoisotopic (exact) mass is 280 g/mol. The van der Waals surface area contributed by atoms with E-state index in [1.807, 2.05) is 18.7 Å². The summed E-state index contributed by atoms with van der Waals surface area (Å²) in [6.45, 7) is 2.00. The molecule has 0 saturated heterocycles. The van der Waals surface area contributed by atoms with E-state index < -0.39 is 0 Å². The number of aryl methyl sites for hydroxylation is 2. The van der Waals surface area contributed by atoms with Gasteiger partial charge < -0.3 is 0 Å². The van der Waals surface area contributed by atoms with Crippen LogP contribution < -0.4 is 11.3 Å². The second-order valence-electron chi connectivity index (χ2n) is 5.40. The molecule has 4 heteroatoms. The van der Waals surface area contributed by atoms with Gasteiger partial charge in [-0.1, -0.05) is 42.5 Å². The number of hydrogen-bond donors (Lipinski definition) is 2. The maximum Gasteiger partial charge on any atom is 0.0669 e. The van der Waals surface area contributed by atoms with E-state index >= 15 is 0 Å². The fourth-order valence-corrected chi connectivity index (χ4v) is 2.90. The first-order valence-corrected chi connectivity index (χ1v) is 7.12. The van der Waals surface area contributed by atoms with Gasteiger partial charge in [0.15, 0.2) is 0 Å². The summed E-state index contributed by atoms with van der Waals surface area (Å²) in [4.78, 5) is 0. The van der Waals surface area contributed by atoms with Crippen LogP contribution in [0.25, 0.3) is 10.8 Å². The highest BCUT2D eigenvalue weighted by Crippen LogP contribution is 2.24. The van der Waals surface area contributed by atoms with Gasteiger partial charge >= 0.3 is 0 Å². The Hall–Kier alpha value is -2.17. The molecule has 108 valence electrons. The lowest BCUT2D eigenvalue weighted by atomic mass is 9.97. The van der Waals surface area contributed by atoms with Crippen LogP contribution in [-0.2, 0) is 13.5 Å². The van der Waals surface area contributed by atoms with Crippen molar-refractivity contribution in [1.29, 1.82) is 0 Å². The van der Waals surface area contributed by atoms with Gasteiger partial charge in [0.05, 0.1) is 17.4 Å². The minimum Gasteiger partial charge on any atom is -0.271 e. The third-order valence-corrected chi connectivity index (χ3v) is 3.90. The lowest BCUT2D eigenvalue weighted by molar-refractivity contribution is 0.509. The molecule has 1 atom stereocenters. The Kier molecular flexibility index (Phi) is 3.73. The van der Waals surface area contributed by atoms with E-state index in [-0.39, 0.29) is 6.04 Å². The first-order valence-electron chi connectivity index (χ1n) is 7.12. The molecule has 0 amide bonds. The van der Waals surface area contributed by atoms with Gasteiger partial charge in [-0.2, -0.15) is 5.10 Å². The smallest absolute Gasteiger partial charge is 0.0669 e. The third-order valence-electron chi connectivity index (χ3n) is 3.90. The van der Waals surface area contributed by atoms with E-state index in [1.165, 1.54) is 16.3 Å². The molecule has 0 bridgehead atoms. The summed E-state index contributed by atoms with van der Waals surface area (Å²) < 4.78 is 1.89. The van der Waals surface area contributed by atoms with Gasteiger partial charge in [-0.05, 0) is 35.7 Å². The van der Waals surface area contributed by atoms with Gasteiger partial charge in [0.2, 0.25) is 0 Å². The Balaban J connectivity index is 1.98. The van der Waals surface area contributed by atoms with Crippen molar-refractivity contribution in [3.63, 3.8) is 0 Å². The van der Waals surface area contributed by atoms with Gasteiger partial charge in [-0.15, -0.1) is 0 Å². The number of hydrazine groups is 1. The summed E-state index contributed by atoms with van der Waals surface area (Å²) in [7, 11) is 1.95. The Bertz CT molecular complexity index is 755. The number of nitrogens with two attached hydrogens (primary N) is 1. The predicted octanol–water partition coefficient (Wildman–Crippen LogP) is 2.63. The molecule has 2 aromatic carbocycles. The van der Waals surface area contributed by atoms with Gasteiger partial charge in [0.25, 0.3) is 0 Å². The maximum atomic E-state index is 5.78. The highest BCUT2D eigenvalue weighted by Gasteiger charge is 2.16. The third kappa shape index (κ3) is 2.68. The molecule has 0 aliphatic heterocycles. The quantitative estimate of drug-likeness (QED) is 0.570. The fourth-order valence-electron chi connectivity index (χ4n) is 2.90. The van der Waals surface area contributed by atoms with Crippen molar-refractivity contribution < 1.29 is 0 Å². The molecular formula is C17H20N4. The van der Waals surface area contributed by atoms with Crippen molar-refractivity contribution in [2.24, 2.45) is 12.9 Å². The molecule has 3 rings (SSSR count). The number of aromatic nitrogens is 2. The molecule has 0 spiro atoms. The minimum absolute atomic E-state index is 0.0435. The molecule has 3 aromatic rings. The maximum absolute atomic E-state index is 5.78. The van der Waals surface area contributed by atoms with Crippen molar-refractivity contribution in [2.45, 2.75) is 19.4 Å². The van der Waals surface area contributed by atoms with Crippen molar-refractivity contribution >= 4 is 10.8 Å². The van der Waals surface area contributed by atoms with Crippen LogP contribution in [0, 0.1) is 6.92 Å². The highest BCUT2D eigenvalue weighted by atomic mass is 15.3.